The maximum Gasteiger partial charge on any atom is 0.173 e. The number of thiophene rings is 1. The molecule has 3 rings (SSSR count). The van der Waals surface area contributed by atoms with Crippen LogP contribution in [-0.2, 0) is 0 Å². The highest BCUT2D eigenvalue weighted by Crippen LogP contribution is 2.36. The molecule has 0 saturated heterocycles. The van der Waals surface area contributed by atoms with E-state index in [1.54, 1.807) is 36.5 Å². The molecule has 1 aromatic heterocycles. The highest BCUT2D eigenvalue weighted by Gasteiger charge is 2.36. The summed E-state index contributed by atoms with van der Waals surface area (Å²) < 4.78 is 1.00. The number of β-amino-alcohol motifs (C(OH)–C–C–N with tert-alkyl or cyclic N) is 1. The van der Waals surface area contributed by atoms with E-state index < -0.39 is 5.72 Å². The number of hydrogen-bond donors (Lipinski definition) is 1. The van der Waals surface area contributed by atoms with Gasteiger partial charge in [0.2, 0.25) is 0 Å². The molecular weight excluding hydrogens is 395 g/mol. The predicted molar refractivity (Wildman–Crippen MR) is 93.0 cm³/mol. The summed E-state index contributed by atoms with van der Waals surface area (Å²) in [5, 5.41) is 11.5. The van der Waals surface area contributed by atoms with Crippen molar-refractivity contribution in [1.29, 1.82) is 0 Å². The summed E-state index contributed by atoms with van der Waals surface area (Å²) >= 11 is 17.4. The molecule has 0 aliphatic carbocycles. The van der Waals surface area contributed by atoms with Gasteiger partial charge in [-0.3, -0.25) is 0 Å². The molecule has 1 unspecified atom stereocenters. The van der Waals surface area contributed by atoms with Gasteiger partial charge in [-0.25, -0.2) is 4.99 Å². The van der Waals surface area contributed by atoms with Crippen molar-refractivity contribution in [1.82, 2.24) is 0 Å². The lowest BCUT2D eigenvalue weighted by Crippen LogP contribution is -2.34. The third kappa shape index (κ3) is 3.12. The molecule has 1 aromatic carbocycles. The van der Waals surface area contributed by atoms with E-state index in [-0.39, 0.29) is 0 Å². The molecule has 2 aromatic rings. The minimum Gasteiger partial charge on any atom is -0.368 e. The molecule has 1 aliphatic rings. The van der Waals surface area contributed by atoms with Crippen LogP contribution < -0.4 is 4.90 Å². The van der Waals surface area contributed by atoms with E-state index in [2.05, 4.69) is 20.9 Å². The van der Waals surface area contributed by atoms with Crippen LogP contribution in [0.3, 0.4) is 0 Å². The molecule has 110 valence electrons. The van der Waals surface area contributed by atoms with Gasteiger partial charge in [-0.2, -0.15) is 0 Å². The fourth-order valence-corrected chi connectivity index (χ4v) is 3.98. The molecule has 2 heterocycles. The first kappa shape index (κ1) is 15.3. The van der Waals surface area contributed by atoms with E-state index in [1.807, 2.05) is 17.0 Å². The van der Waals surface area contributed by atoms with Crippen LogP contribution in [0.15, 0.2) is 39.1 Å². The first-order chi connectivity index (χ1) is 9.85. The number of amidine groups is 1. The normalized spacial score (nSPS) is 21.8. The largest absolute Gasteiger partial charge is 0.368 e. The average molecular weight is 406 g/mol. The second-order valence-corrected chi connectivity index (χ2v) is 8.24. The van der Waals surface area contributed by atoms with Crippen molar-refractivity contribution in [2.45, 2.75) is 12.6 Å². The molecule has 0 bridgehead atoms. The van der Waals surface area contributed by atoms with Crippen molar-refractivity contribution in [3.05, 3.63) is 49.0 Å². The van der Waals surface area contributed by atoms with Crippen LogP contribution in [0, 0.1) is 0 Å². The standard InChI is InChI=1S/C14H11BrCl2N2OS/c1-14(20)7-19(10-6-8(16)2-3-9(10)17)13(18-14)11-4-5-12(15)21-11/h2-6,20H,7H2,1H3. The lowest BCUT2D eigenvalue weighted by Gasteiger charge is -2.23. The topological polar surface area (TPSA) is 35.8 Å². The van der Waals surface area contributed by atoms with Gasteiger partial charge < -0.3 is 10.0 Å². The maximum absolute atomic E-state index is 10.3. The second-order valence-electron chi connectivity index (χ2n) is 4.94. The number of anilines is 1. The SMILES string of the molecule is CC1(O)CN(c2cc(Cl)ccc2Cl)C(c2ccc(Br)s2)=N1. The molecule has 0 spiro atoms. The zero-order valence-corrected chi connectivity index (χ0v) is 14.9. The molecule has 3 nitrogen and oxygen atoms in total. The first-order valence-electron chi connectivity index (χ1n) is 6.16. The van der Waals surface area contributed by atoms with Crippen molar-refractivity contribution in [2.75, 3.05) is 11.4 Å². The minimum atomic E-state index is -1.16. The molecule has 1 atom stereocenters. The molecule has 7 heteroatoms. The third-order valence-electron chi connectivity index (χ3n) is 3.05. The maximum atomic E-state index is 10.3. The second kappa shape index (κ2) is 5.56. The van der Waals surface area contributed by atoms with Crippen LogP contribution in [0.4, 0.5) is 5.69 Å². The first-order valence-corrected chi connectivity index (χ1v) is 8.53. The van der Waals surface area contributed by atoms with Crippen molar-refractivity contribution < 1.29 is 5.11 Å². The van der Waals surface area contributed by atoms with Gasteiger partial charge in [-0.05, 0) is 53.2 Å². The van der Waals surface area contributed by atoms with Crippen LogP contribution in [-0.4, -0.2) is 23.2 Å². The van der Waals surface area contributed by atoms with E-state index in [1.165, 1.54) is 0 Å². The Bertz CT molecular complexity index is 730. The monoisotopic (exact) mass is 404 g/mol. The number of halogens is 3. The molecular formula is C14H11BrCl2N2OS. The van der Waals surface area contributed by atoms with E-state index in [0.717, 1.165) is 14.4 Å². The lowest BCUT2D eigenvalue weighted by atomic mass is 10.2. The van der Waals surface area contributed by atoms with Gasteiger partial charge >= 0.3 is 0 Å². The smallest absolute Gasteiger partial charge is 0.173 e. The summed E-state index contributed by atoms with van der Waals surface area (Å²) in [6.07, 6.45) is 0. The Hall–Kier alpha value is -0.590. The van der Waals surface area contributed by atoms with Crippen LogP contribution in [0.5, 0.6) is 0 Å². The van der Waals surface area contributed by atoms with Crippen molar-refractivity contribution in [3.63, 3.8) is 0 Å². The van der Waals surface area contributed by atoms with E-state index in [4.69, 9.17) is 23.2 Å². The Balaban J connectivity index is 2.09. The molecule has 0 radical (unpaired) electrons. The van der Waals surface area contributed by atoms with Crippen LogP contribution in [0.1, 0.15) is 11.8 Å². The van der Waals surface area contributed by atoms with Crippen molar-refractivity contribution >= 4 is 62.0 Å². The Morgan fingerprint density at radius 1 is 1.33 bits per heavy atom. The Morgan fingerprint density at radius 2 is 2.10 bits per heavy atom. The Labute approximate surface area is 145 Å². The zero-order valence-electron chi connectivity index (χ0n) is 11.0. The molecule has 21 heavy (non-hydrogen) atoms. The summed E-state index contributed by atoms with van der Waals surface area (Å²) in [5.74, 6) is 0.694. The van der Waals surface area contributed by atoms with Gasteiger partial charge in [0.1, 0.15) is 5.84 Å². The highest BCUT2D eigenvalue weighted by molar-refractivity contribution is 9.11. The fourth-order valence-electron chi connectivity index (χ4n) is 2.21. The lowest BCUT2D eigenvalue weighted by molar-refractivity contribution is 0.0880. The van der Waals surface area contributed by atoms with Crippen LogP contribution in [0.2, 0.25) is 10.0 Å². The molecule has 0 saturated carbocycles. The quantitative estimate of drug-likeness (QED) is 0.779. The van der Waals surface area contributed by atoms with E-state index >= 15 is 0 Å². The number of aliphatic hydroxyl groups is 1. The Morgan fingerprint density at radius 3 is 2.76 bits per heavy atom. The molecule has 0 fully saturated rings. The van der Waals surface area contributed by atoms with Gasteiger partial charge in [0.15, 0.2) is 5.72 Å². The predicted octanol–water partition coefficient (Wildman–Crippen LogP) is 4.79. The summed E-state index contributed by atoms with van der Waals surface area (Å²) in [5.41, 5.74) is -0.414. The number of hydrogen-bond acceptors (Lipinski definition) is 4. The minimum absolute atomic E-state index is 0.331. The van der Waals surface area contributed by atoms with E-state index in [9.17, 15) is 5.11 Å². The number of benzene rings is 1. The fraction of sp³-hybridized carbons (Fsp3) is 0.214. The van der Waals surface area contributed by atoms with Gasteiger partial charge in [0.25, 0.3) is 0 Å². The molecule has 0 amide bonds. The number of rotatable bonds is 2. The van der Waals surface area contributed by atoms with Crippen LogP contribution in [0.25, 0.3) is 0 Å². The number of nitrogens with zero attached hydrogens (tertiary/aromatic N) is 2. The van der Waals surface area contributed by atoms with Gasteiger partial charge in [-0.15, -0.1) is 11.3 Å². The molecule has 1 aliphatic heterocycles. The molecule has 1 N–H and O–H groups in total. The van der Waals surface area contributed by atoms with Crippen molar-refractivity contribution in [2.24, 2.45) is 4.99 Å². The number of aliphatic imine (C=N–C) groups is 1. The van der Waals surface area contributed by atoms with Gasteiger partial charge in [0, 0.05) is 5.02 Å². The third-order valence-corrected chi connectivity index (χ3v) is 5.23. The summed E-state index contributed by atoms with van der Waals surface area (Å²) in [7, 11) is 0. The van der Waals surface area contributed by atoms with Crippen molar-refractivity contribution in [3.8, 4) is 0 Å². The average Bonchev–Trinajstić information content (AvgIpc) is 2.95. The van der Waals surface area contributed by atoms with E-state index in [0.29, 0.717) is 22.4 Å². The summed E-state index contributed by atoms with van der Waals surface area (Å²) in [6, 6.07) is 9.17. The van der Waals surface area contributed by atoms with Gasteiger partial charge in [0.05, 0.1) is 25.9 Å². The summed E-state index contributed by atoms with van der Waals surface area (Å²) in [6.45, 7) is 2.01. The zero-order chi connectivity index (χ0) is 15.2. The van der Waals surface area contributed by atoms with Gasteiger partial charge in [-0.1, -0.05) is 23.2 Å². The Kier molecular flexibility index (Phi) is 4.05. The highest BCUT2D eigenvalue weighted by atomic mass is 79.9. The summed E-state index contributed by atoms with van der Waals surface area (Å²) in [4.78, 5) is 7.27. The van der Waals surface area contributed by atoms with Crippen LogP contribution >= 0.6 is 50.5 Å².